The molecule has 1 rings (SSSR count). The van der Waals surface area contributed by atoms with Gasteiger partial charge in [0.2, 0.25) is 0 Å². The average molecular weight is 240 g/mol. The van der Waals surface area contributed by atoms with Gasteiger partial charge in [-0.3, -0.25) is 4.79 Å². The first-order valence-electron chi connectivity index (χ1n) is 5.72. The number of carbonyl (C=O) groups is 1. The Morgan fingerprint density at radius 2 is 2.41 bits per heavy atom. The predicted molar refractivity (Wildman–Crippen MR) is 63.9 cm³/mol. The van der Waals surface area contributed by atoms with Crippen LogP contribution in [-0.4, -0.2) is 37.6 Å². The first-order chi connectivity index (χ1) is 8.10. The summed E-state index contributed by atoms with van der Waals surface area (Å²) in [5.74, 6) is 0.427. The molecule has 1 fully saturated rings. The highest BCUT2D eigenvalue weighted by molar-refractivity contribution is 5.81. The van der Waals surface area contributed by atoms with Crippen LogP contribution >= 0.6 is 0 Å². The lowest BCUT2D eigenvalue weighted by atomic mass is 9.95. The van der Waals surface area contributed by atoms with Gasteiger partial charge in [0.25, 0.3) is 0 Å². The lowest BCUT2D eigenvalue weighted by Crippen LogP contribution is -2.48. The van der Waals surface area contributed by atoms with Crippen LogP contribution in [-0.2, 0) is 14.4 Å². The molecule has 0 spiro atoms. The fraction of sp³-hybridized carbons (Fsp3) is 0.750. The third-order valence-corrected chi connectivity index (χ3v) is 3.15. The molecule has 0 amide bonds. The van der Waals surface area contributed by atoms with E-state index >= 15 is 0 Å². The zero-order chi connectivity index (χ0) is 12.8. The van der Waals surface area contributed by atoms with Gasteiger partial charge in [-0.25, -0.2) is 0 Å². The number of ketones is 1. The van der Waals surface area contributed by atoms with Crippen molar-refractivity contribution in [2.24, 2.45) is 5.92 Å². The molecule has 4 atom stereocenters. The first kappa shape index (κ1) is 14.0. The van der Waals surface area contributed by atoms with E-state index in [1.165, 1.54) is 0 Å². The van der Waals surface area contributed by atoms with Gasteiger partial charge in [0.1, 0.15) is 11.9 Å². The summed E-state index contributed by atoms with van der Waals surface area (Å²) in [5.41, 5.74) is 2.76. The predicted octanol–water partition coefficient (Wildman–Crippen LogP) is 0.0689. The number of rotatable bonds is 6. The molecule has 17 heavy (non-hydrogen) atoms. The number of hydroxylamine groups is 1. The van der Waals surface area contributed by atoms with Crippen LogP contribution < -0.4 is 10.8 Å². The normalized spacial score (nSPS) is 29.6. The van der Waals surface area contributed by atoms with Crippen molar-refractivity contribution in [1.82, 2.24) is 10.8 Å². The van der Waals surface area contributed by atoms with Gasteiger partial charge in [0.05, 0.1) is 18.7 Å². The SMILES string of the molecule is C#CONC(C)[C@@H]1N[C@@H](C(C)=O)C[C@H]1COC. The molecule has 0 aromatic rings. The minimum absolute atomic E-state index is 0.00977. The molecule has 96 valence electrons. The van der Waals surface area contributed by atoms with Crippen molar-refractivity contribution in [1.29, 1.82) is 0 Å². The van der Waals surface area contributed by atoms with E-state index in [0.29, 0.717) is 6.61 Å². The fourth-order valence-corrected chi connectivity index (χ4v) is 2.31. The molecular weight excluding hydrogens is 220 g/mol. The minimum Gasteiger partial charge on any atom is -0.384 e. The number of carbonyl (C=O) groups excluding carboxylic acids is 1. The lowest BCUT2D eigenvalue weighted by molar-refractivity contribution is -0.118. The maximum absolute atomic E-state index is 11.4. The standard InChI is InChI=1S/C12H20N2O3/c1-5-17-14-8(2)12-10(7-16-4)6-11(13-12)9(3)15/h1,8,10-14H,6-7H2,2-4H3/t8?,10-,11+,12-/m0/s1. The number of ether oxygens (including phenoxy) is 1. The number of hydrogen-bond acceptors (Lipinski definition) is 5. The molecule has 0 radical (unpaired) electrons. The van der Waals surface area contributed by atoms with Crippen LogP contribution in [0.15, 0.2) is 0 Å². The van der Waals surface area contributed by atoms with Crippen molar-refractivity contribution in [2.45, 2.75) is 38.4 Å². The summed E-state index contributed by atoms with van der Waals surface area (Å²) in [6.45, 7) is 4.17. The highest BCUT2D eigenvalue weighted by Gasteiger charge is 2.38. The van der Waals surface area contributed by atoms with E-state index in [2.05, 4.69) is 16.9 Å². The Balaban J connectivity index is 2.60. The average Bonchev–Trinajstić information content (AvgIpc) is 2.70. The molecule has 0 aromatic carbocycles. The molecule has 5 heteroatoms. The van der Waals surface area contributed by atoms with Gasteiger partial charge in [0, 0.05) is 19.1 Å². The summed E-state index contributed by atoms with van der Waals surface area (Å²) in [6.07, 6.45) is 7.86. The fourth-order valence-electron chi connectivity index (χ4n) is 2.31. The van der Waals surface area contributed by atoms with Gasteiger partial charge >= 0.3 is 0 Å². The van der Waals surface area contributed by atoms with Crippen LogP contribution in [0.4, 0.5) is 0 Å². The van der Waals surface area contributed by atoms with Crippen LogP contribution in [0.5, 0.6) is 0 Å². The van der Waals surface area contributed by atoms with Gasteiger partial charge in [-0.05, 0) is 20.3 Å². The molecule has 5 nitrogen and oxygen atoms in total. The maximum atomic E-state index is 11.4. The van der Waals surface area contributed by atoms with Crippen molar-refractivity contribution in [3.63, 3.8) is 0 Å². The molecule has 1 heterocycles. The van der Waals surface area contributed by atoms with Crippen LogP contribution in [0.3, 0.4) is 0 Å². The van der Waals surface area contributed by atoms with Crippen LogP contribution in [0.25, 0.3) is 0 Å². The van der Waals surface area contributed by atoms with Gasteiger partial charge in [-0.15, -0.1) is 5.48 Å². The Bertz CT molecular complexity index is 301. The lowest BCUT2D eigenvalue weighted by Gasteiger charge is -2.24. The molecule has 1 aliphatic heterocycles. The molecule has 1 unspecified atom stereocenters. The number of terminal acetylenes is 1. The molecular formula is C12H20N2O3. The highest BCUT2D eigenvalue weighted by Crippen LogP contribution is 2.23. The summed E-state index contributed by atoms with van der Waals surface area (Å²) in [5, 5.41) is 3.29. The Morgan fingerprint density at radius 1 is 1.71 bits per heavy atom. The van der Waals surface area contributed by atoms with E-state index in [0.717, 1.165) is 6.42 Å². The summed E-state index contributed by atoms with van der Waals surface area (Å²) in [6, 6.07) is 0.0167. The Morgan fingerprint density at radius 3 is 2.94 bits per heavy atom. The van der Waals surface area contributed by atoms with Crippen LogP contribution in [0.2, 0.25) is 0 Å². The largest absolute Gasteiger partial charge is 0.384 e. The van der Waals surface area contributed by atoms with Crippen molar-refractivity contribution >= 4 is 5.78 Å². The zero-order valence-corrected chi connectivity index (χ0v) is 10.5. The van der Waals surface area contributed by atoms with E-state index in [1.54, 1.807) is 14.0 Å². The smallest absolute Gasteiger partial charge is 0.146 e. The van der Waals surface area contributed by atoms with E-state index < -0.39 is 0 Å². The Labute approximate surface area is 102 Å². The molecule has 1 saturated heterocycles. The van der Waals surface area contributed by atoms with Crippen LogP contribution in [0, 0.1) is 18.4 Å². The van der Waals surface area contributed by atoms with Gasteiger partial charge in [0.15, 0.2) is 0 Å². The third kappa shape index (κ3) is 3.70. The Hall–Kier alpha value is -1.09. The van der Waals surface area contributed by atoms with Crippen molar-refractivity contribution in [3.05, 3.63) is 0 Å². The second-order valence-electron chi connectivity index (χ2n) is 4.43. The van der Waals surface area contributed by atoms with Crippen LogP contribution in [0.1, 0.15) is 20.3 Å². The quantitative estimate of drug-likeness (QED) is 0.508. The molecule has 0 saturated carbocycles. The third-order valence-electron chi connectivity index (χ3n) is 3.15. The molecule has 0 aromatic heterocycles. The maximum Gasteiger partial charge on any atom is 0.146 e. The first-order valence-corrected chi connectivity index (χ1v) is 5.72. The molecule has 0 bridgehead atoms. The zero-order valence-electron chi connectivity index (χ0n) is 10.5. The monoisotopic (exact) mass is 240 g/mol. The second kappa shape index (κ2) is 6.60. The molecule has 0 aliphatic carbocycles. The van der Waals surface area contributed by atoms with E-state index in [-0.39, 0.29) is 29.8 Å². The van der Waals surface area contributed by atoms with Gasteiger partial charge in [-0.2, -0.15) is 0 Å². The van der Waals surface area contributed by atoms with Crippen molar-refractivity contribution < 1.29 is 14.4 Å². The topological polar surface area (TPSA) is 59.6 Å². The summed E-state index contributed by atoms with van der Waals surface area (Å²) < 4.78 is 5.18. The number of Topliss-reactive ketones (excluding diaryl/α,β-unsaturated/α-hetero) is 1. The highest BCUT2D eigenvalue weighted by atomic mass is 16.6. The summed E-state index contributed by atoms with van der Waals surface area (Å²) in [4.78, 5) is 16.1. The van der Waals surface area contributed by atoms with Crippen molar-refractivity contribution in [2.75, 3.05) is 13.7 Å². The summed E-state index contributed by atoms with van der Waals surface area (Å²) in [7, 11) is 1.66. The van der Waals surface area contributed by atoms with E-state index in [4.69, 9.17) is 16.0 Å². The molecule has 2 N–H and O–H groups in total. The number of hydrogen-bond donors (Lipinski definition) is 2. The number of methoxy groups -OCH3 is 1. The second-order valence-corrected chi connectivity index (χ2v) is 4.43. The number of nitrogens with one attached hydrogen (secondary N) is 2. The Kier molecular flexibility index (Phi) is 5.42. The van der Waals surface area contributed by atoms with Crippen molar-refractivity contribution in [3.8, 4) is 12.5 Å². The van der Waals surface area contributed by atoms with E-state index in [1.807, 2.05) is 6.92 Å². The van der Waals surface area contributed by atoms with Gasteiger partial charge in [-0.1, -0.05) is 6.42 Å². The van der Waals surface area contributed by atoms with Gasteiger partial charge < -0.3 is 14.9 Å². The summed E-state index contributed by atoms with van der Waals surface area (Å²) >= 11 is 0. The minimum atomic E-state index is -0.102. The van der Waals surface area contributed by atoms with E-state index in [9.17, 15) is 4.79 Å². The molecule has 1 aliphatic rings.